The molecule has 56 heavy (non-hydrogen) atoms. The Bertz CT molecular complexity index is 2120. The molecule has 0 unspecified atom stereocenters. The monoisotopic (exact) mass is 837 g/mol. The van der Waals surface area contributed by atoms with Gasteiger partial charge in [0, 0.05) is 23.7 Å². The van der Waals surface area contributed by atoms with Gasteiger partial charge in [-0.3, -0.25) is 20.1 Å². The van der Waals surface area contributed by atoms with E-state index in [-0.39, 0.29) is 52.7 Å². The van der Waals surface area contributed by atoms with Crippen LogP contribution < -0.4 is 9.47 Å². The summed E-state index contributed by atoms with van der Waals surface area (Å²) in [7, 11) is 0. The van der Waals surface area contributed by atoms with E-state index >= 15 is 8.78 Å². The lowest BCUT2D eigenvalue weighted by atomic mass is 9.89. The van der Waals surface area contributed by atoms with E-state index in [1.807, 2.05) is 0 Å². The highest BCUT2D eigenvalue weighted by Crippen LogP contribution is 2.42. The largest absolute Gasteiger partial charge is 0.489 e. The zero-order valence-electron chi connectivity index (χ0n) is 29.4. The van der Waals surface area contributed by atoms with Crippen molar-refractivity contribution < 1.29 is 51.9 Å². The lowest BCUT2D eigenvalue weighted by molar-refractivity contribution is -0.497. The maximum Gasteiger partial charge on any atom is 0.415 e. The number of carbonyl (C=O) groups is 2. The minimum atomic E-state index is -3.73. The highest BCUT2D eigenvalue weighted by atomic mass is 35.5. The molecule has 1 saturated carbocycles. The van der Waals surface area contributed by atoms with Gasteiger partial charge in [0.25, 0.3) is 11.8 Å². The summed E-state index contributed by atoms with van der Waals surface area (Å²) in [6.07, 6.45) is 0.860. The first-order valence-electron chi connectivity index (χ1n) is 17.3. The van der Waals surface area contributed by atoms with Gasteiger partial charge in [0.05, 0.1) is 41.7 Å². The maximum absolute atomic E-state index is 16.5. The van der Waals surface area contributed by atoms with Gasteiger partial charge in [-0.05, 0) is 78.3 Å². The number of ether oxygens (including phenoxy) is 2. The van der Waals surface area contributed by atoms with Crippen molar-refractivity contribution in [2.75, 3.05) is 19.7 Å². The maximum atomic E-state index is 16.5. The molecule has 2 aliphatic rings. The molecule has 1 aliphatic carbocycles. The topological polar surface area (TPSA) is 112 Å². The summed E-state index contributed by atoms with van der Waals surface area (Å²) in [6, 6.07) is 18.4. The number of benzene rings is 4. The Morgan fingerprint density at radius 1 is 0.893 bits per heavy atom. The van der Waals surface area contributed by atoms with Crippen LogP contribution in [-0.4, -0.2) is 69.3 Å². The molecule has 0 atom stereocenters. The number of amides is 2. The Balaban J connectivity index is 1.27. The molecule has 4 aromatic rings. The molecule has 0 aromatic heterocycles. The minimum absolute atomic E-state index is 0.00864. The van der Waals surface area contributed by atoms with Crippen molar-refractivity contribution in [3.63, 3.8) is 0 Å². The summed E-state index contributed by atoms with van der Waals surface area (Å²) in [5.74, 6) is -6.51. The third-order valence-corrected chi connectivity index (χ3v) is 10.3. The standard InChI is InChI=1S/C39H34Cl3F4N3O7/c40-30-8-2-6-26(34(30)41)19-48(27-13-14-27)37(50)29-20-47(38(51)56-28-7-1-4-24(18-28)21-55-49(52)53)22-39(45,46)33(29)25-11-9-23(10-12-25)5-3-17-54-36-32(44)16-15-31(43)35(36)42/h1-2,4,6-12,15-16,18,27,52-53H,3,5,13-14,17,19-22H2. The van der Waals surface area contributed by atoms with Crippen molar-refractivity contribution >= 4 is 52.4 Å². The minimum Gasteiger partial charge on any atom is -0.489 e. The molecule has 4 aromatic carbocycles. The van der Waals surface area contributed by atoms with E-state index in [9.17, 15) is 18.4 Å². The van der Waals surface area contributed by atoms with Crippen LogP contribution in [0.4, 0.5) is 22.4 Å². The number of hydrogen-bond acceptors (Lipinski definition) is 8. The zero-order chi connectivity index (χ0) is 40.1. The van der Waals surface area contributed by atoms with E-state index < -0.39 is 64.4 Å². The summed E-state index contributed by atoms with van der Waals surface area (Å²) in [6.45, 7) is -1.96. The number of aryl methyl sites for hydroxylation is 1. The van der Waals surface area contributed by atoms with Crippen LogP contribution in [0.3, 0.4) is 0 Å². The summed E-state index contributed by atoms with van der Waals surface area (Å²) >= 11 is 18.6. The molecule has 0 radical (unpaired) electrons. The molecule has 17 heteroatoms. The van der Waals surface area contributed by atoms with Crippen molar-refractivity contribution in [2.24, 2.45) is 0 Å². The number of hydrogen-bond donors (Lipinski definition) is 2. The quantitative estimate of drug-likeness (QED) is 0.0560. The lowest BCUT2D eigenvalue weighted by Gasteiger charge is -2.37. The van der Waals surface area contributed by atoms with Crippen molar-refractivity contribution in [3.8, 4) is 11.5 Å². The third kappa shape index (κ3) is 9.93. The molecule has 1 heterocycles. The van der Waals surface area contributed by atoms with Crippen LogP contribution in [0.25, 0.3) is 5.57 Å². The average molecular weight is 839 g/mol. The molecule has 6 rings (SSSR count). The van der Waals surface area contributed by atoms with Crippen LogP contribution in [0, 0.1) is 11.6 Å². The second kappa shape index (κ2) is 17.8. The Hall–Kier alpha value is -4.41. The van der Waals surface area contributed by atoms with Crippen LogP contribution in [0.5, 0.6) is 11.5 Å². The van der Waals surface area contributed by atoms with Crippen molar-refractivity contribution in [1.29, 1.82) is 0 Å². The molecular formula is C39H34Cl3F4N3O7. The second-order valence-electron chi connectivity index (χ2n) is 13.2. The summed E-state index contributed by atoms with van der Waals surface area (Å²) < 4.78 is 71.7. The Kier molecular flexibility index (Phi) is 13.1. The van der Waals surface area contributed by atoms with Gasteiger partial charge in [-0.2, -0.15) is 8.78 Å². The molecule has 0 spiro atoms. The van der Waals surface area contributed by atoms with Gasteiger partial charge < -0.3 is 14.4 Å². The van der Waals surface area contributed by atoms with E-state index in [1.165, 1.54) is 35.2 Å². The number of carbonyl (C=O) groups excluding carboxylic acids is 2. The molecule has 2 amide bonds. The van der Waals surface area contributed by atoms with Gasteiger partial charge in [0.1, 0.15) is 16.6 Å². The SMILES string of the molecule is O=C(Oc1cccc(CON(O)O)c1)N1CC(C(=O)N(Cc2cccc(Cl)c2Cl)C2CC2)=C(c2ccc(CCCOc3c(F)ccc(F)c3Cl)cc2)C(F)(F)C1. The van der Waals surface area contributed by atoms with E-state index in [1.54, 1.807) is 36.4 Å². The van der Waals surface area contributed by atoms with Crippen molar-refractivity contribution in [3.05, 3.63) is 133 Å². The molecule has 296 valence electrons. The van der Waals surface area contributed by atoms with Crippen LogP contribution in [-0.2, 0) is 29.2 Å². The Morgan fingerprint density at radius 3 is 2.32 bits per heavy atom. The summed E-state index contributed by atoms with van der Waals surface area (Å²) in [4.78, 5) is 34.8. The van der Waals surface area contributed by atoms with Gasteiger partial charge in [0.2, 0.25) is 0 Å². The van der Waals surface area contributed by atoms with E-state index in [4.69, 9.17) is 54.7 Å². The van der Waals surface area contributed by atoms with Gasteiger partial charge in [-0.25, -0.2) is 18.4 Å². The van der Waals surface area contributed by atoms with Crippen LogP contribution in [0.1, 0.15) is 41.5 Å². The van der Waals surface area contributed by atoms with Gasteiger partial charge in [-0.1, -0.05) is 83.3 Å². The molecule has 0 bridgehead atoms. The average Bonchev–Trinajstić information content (AvgIpc) is 4.01. The fourth-order valence-electron chi connectivity index (χ4n) is 6.26. The van der Waals surface area contributed by atoms with Gasteiger partial charge >= 0.3 is 6.09 Å². The molecule has 0 saturated heterocycles. The highest BCUT2D eigenvalue weighted by molar-refractivity contribution is 6.42. The van der Waals surface area contributed by atoms with Gasteiger partial charge in [-0.15, -0.1) is 0 Å². The van der Waals surface area contributed by atoms with E-state index in [0.29, 0.717) is 36.8 Å². The van der Waals surface area contributed by atoms with E-state index in [2.05, 4.69) is 4.84 Å². The van der Waals surface area contributed by atoms with Crippen molar-refractivity contribution in [1.82, 2.24) is 15.2 Å². The molecule has 2 N–H and O–H groups in total. The predicted molar refractivity (Wildman–Crippen MR) is 198 cm³/mol. The number of nitrogens with zero attached hydrogens (tertiary/aromatic N) is 3. The molecule has 10 nitrogen and oxygen atoms in total. The highest BCUT2D eigenvalue weighted by Gasteiger charge is 2.48. The number of alkyl halides is 2. The second-order valence-corrected chi connectivity index (χ2v) is 14.3. The Morgan fingerprint density at radius 2 is 1.61 bits per heavy atom. The summed E-state index contributed by atoms with van der Waals surface area (Å²) in [5, 5.41) is 17.2. The molecule has 1 aliphatic heterocycles. The molecule has 1 fully saturated rings. The fourth-order valence-corrected chi connectivity index (χ4v) is 6.85. The zero-order valence-corrected chi connectivity index (χ0v) is 31.6. The van der Waals surface area contributed by atoms with Crippen LogP contribution >= 0.6 is 34.8 Å². The lowest BCUT2D eigenvalue weighted by Crippen LogP contribution is -2.50. The van der Waals surface area contributed by atoms with Crippen LogP contribution in [0.15, 0.2) is 84.4 Å². The first-order valence-corrected chi connectivity index (χ1v) is 18.4. The smallest absolute Gasteiger partial charge is 0.415 e. The first-order chi connectivity index (χ1) is 26.7. The first kappa shape index (κ1) is 41.2. The van der Waals surface area contributed by atoms with Gasteiger partial charge in [0.15, 0.2) is 11.6 Å². The van der Waals surface area contributed by atoms with Crippen molar-refractivity contribution in [2.45, 2.75) is 50.8 Å². The van der Waals surface area contributed by atoms with E-state index in [0.717, 1.165) is 22.6 Å². The normalized spacial score (nSPS) is 15.3. The Labute approximate surface area is 333 Å². The fraction of sp³-hybridized carbons (Fsp3) is 0.282. The van der Waals surface area contributed by atoms with Crippen LogP contribution in [0.2, 0.25) is 15.1 Å². The number of rotatable bonds is 14. The molecular weight excluding hydrogens is 805 g/mol. The predicted octanol–water partition coefficient (Wildman–Crippen LogP) is 9.54. The number of halogens is 7. The summed E-state index contributed by atoms with van der Waals surface area (Å²) in [5.41, 5.74) is 0.806. The third-order valence-electron chi connectivity index (χ3n) is 9.09.